The first-order chi connectivity index (χ1) is 11.1. The summed E-state index contributed by atoms with van der Waals surface area (Å²) in [5, 5.41) is 0.838. The highest BCUT2D eigenvalue weighted by Crippen LogP contribution is 2.53. The fourth-order valence-corrected chi connectivity index (χ4v) is 5.22. The van der Waals surface area contributed by atoms with Gasteiger partial charge < -0.3 is 19.2 Å². The number of ether oxygens (including phenoxy) is 3. The number of rotatable bonds is 2. The number of thioether (sulfide) groups is 1. The average Bonchev–Trinajstić information content (AvgIpc) is 3.11. The van der Waals surface area contributed by atoms with E-state index in [0.717, 1.165) is 19.3 Å². The van der Waals surface area contributed by atoms with Gasteiger partial charge in [-0.3, -0.25) is 4.79 Å². The average molecular weight is 338 g/mol. The Kier molecular flexibility index (Phi) is 3.70. The molecule has 0 aromatic carbocycles. The van der Waals surface area contributed by atoms with E-state index in [9.17, 15) is 9.59 Å². The molecule has 8 heteroatoms. The Labute approximate surface area is 137 Å². The minimum absolute atomic E-state index is 0.0233. The molecule has 1 aromatic heterocycles. The molecular weight excluding hydrogens is 320 g/mol. The maximum atomic E-state index is 12.4. The van der Waals surface area contributed by atoms with Gasteiger partial charge in [0, 0.05) is 24.0 Å². The van der Waals surface area contributed by atoms with Crippen LogP contribution in [-0.4, -0.2) is 46.8 Å². The number of hydrogen-bond donors (Lipinski definition) is 1. The van der Waals surface area contributed by atoms with Gasteiger partial charge in [0.05, 0.1) is 25.4 Å². The van der Waals surface area contributed by atoms with Gasteiger partial charge in [-0.1, -0.05) is 0 Å². The van der Waals surface area contributed by atoms with Crippen molar-refractivity contribution in [2.75, 3.05) is 19.8 Å². The number of nitrogens with one attached hydrogen (secondary N) is 1. The molecule has 4 rings (SSSR count). The number of nitrogens with zero attached hydrogens (tertiary/aromatic N) is 1. The quantitative estimate of drug-likeness (QED) is 0.644. The third-order valence-corrected chi connectivity index (χ3v) is 5.97. The normalized spacial score (nSPS) is 27.7. The van der Waals surface area contributed by atoms with Gasteiger partial charge in [-0.25, -0.2) is 9.78 Å². The molecule has 7 nitrogen and oxygen atoms in total. The number of carbonyl (C=O) groups is 1. The van der Waals surface area contributed by atoms with Crippen molar-refractivity contribution in [3.05, 3.63) is 21.7 Å². The molecule has 3 heterocycles. The number of hydrogen-bond acceptors (Lipinski definition) is 7. The summed E-state index contributed by atoms with van der Waals surface area (Å²) in [5.41, 5.74) is 0.461. The van der Waals surface area contributed by atoms with E-state index in [2.05, 4.69) is 9.97 Å². The Balaban J connectivity index is 1.63. The molecule has 0 radical (unpaired) electrons. The monoisotopic (exact) mass is 338 g/mol. The highest BCUT2D eigenvalue weighted by Gasteiger charge is 2.50. The van der Waals surface area contributed by atoms with Crippen LogP contribution in [-0.2, 0) is 14.2 Å². The first-order valence-corrected chi connectivity index (χ1v) is 8.76. The van der Waals surface area contributed by atoms with Crippen LogP contribution in [0.5, 0.6) is 0 Å². The molecule has 2 atom stereocenters. The number of esters is 1. The Hall–Kier alpha value is -1.38. The summed E-state index contributed by atoms with van der Waals surface area (Å²) >= 11 is 1.55. The summed E-state index contributed by atoms with van der Waals surface area (Å²) in [7, 11) is 0. The fourth-order valence-electron chi connectivity index (χ4n) is 3.64. The van der Waals surface area contributed by atoms with E-state index < -0.39 is 11.8 Å². The molecule has 1 saturated carbocycles. The summed E-state index contributed by atoms with van der Waals surface area (Å²) in [5.74, 6) is -0.972. The second-order valence-electron chi connectivity index (χ2n) is 5.97. The predicted molar refractivity (Wildman–Crippen MR) is 81.7 cm³/mol. The Morgan fingerprint density at radius 3 is 3.00 bits per heavy atom. The van der Waals surface area contributed by atoms with E-state index in [4.69, 9.17) is 14.2 Å². The second-order valence-corrected chi connectivity index (χ2v) is 7.19. The second kappa shape index (κ2) is 5.61. The molecule has 1 aliphatic carbocycles. The van der Waals surface area contributed by atoms with Crippen LogP contribution in [0.25, 0.3) is 0 Å². The van der Waals surface area contributed by atoms with E-state index in [-0.39, 0.29) is 29.2 Å². The number of aromatic nitrogens is 2. The van der Waals surface area contributed by atoms with Crippen LogP contribution >= 0.6 is 11.8 Å². The molecule has 1 spiro atoms. The number of H-pyrrole nitrogens is 1. The van der Waals surface area contributed by atoms with Gasteiger partial charge in [0.25, 0.3) is 5.56 Å². The van der Waals surface area contributed by atoms with Crippen molar-refractivity contribution in [1.82, 2.24) is 9.97 Å². The van der Waals surface area contributed by atoms with E-state index in [1.807, 2.05) is 0 Å². The lowest BCUT2D eigenvalue weighted by Gasteiger charge is -2.37. The largest absolute Gasteiger partial charge is 0.460 e. The molecule has 2 aliphatic heterocycles. The lowest BCUT2D eigenvalue weighted by molar-refractivity contribution is -0.177. The van der Waals surface area contributed by atoms with Crippen molar-refractivity contribution in [2.24, 2.45) is 0 Å². The Morgan fingerprint density at radius 1 is 1.48 bits per heavy atom. The molecule has 124 valence electrons. The van der Waals surface area contributed by atoms with Gasteiger partial charge in [-0.2, -0.15) is 0 Å². The van der Waals surface area contributed by atoms with Crippen molar-refractivity contribution >= 4 is 17.7 Å². The van der Waals surface area contributed by atoms with Gasteiger partial charge in [0.2, 0.25) is 5.82 Å². The summed E-state index contributed by atoms with van der Waals surface area (Å²) < 4.78 is 16.5. The third kappa shape index (κ3) is 2.49. The molecule has 1 N–H and O–H groups in total. The summed E-state index contributed by atoms with van der Waals surface area (Å²) in [6.07, 6.45) is 2.36. The molecule has 3 aliphatic rings. The number of carbonyl (C=O) groups excluding carboxylic acids is 1. The molecule has 2 fully saturated rings. The van der Waals surface area contributed by atoms with Gasteiger partial charge in [0.1, 0.15) is 5.03 Å². The van der Waals surface area contributed by atoms with E-state index in [1.54, 1.807) is 18.7 Å². The molecule has 0 bridgehead atoms. The van der Waals surface area contributed by atoms with E-state index >= 15 is 0 Å². The zero-order valence-electron chi connectivity index (χ0n) is 12.8. The Morgan fingerprint density at radius 2 is 2.26 bits per heavy atom. The van der Waals surface area contributed by atoms with Gasteiger partial charge in [-0.15, -0.1) is 11.8 Å². The zero-order chi connectivity index (χ0) is 16.0. The smallest absolute Gasteiger partial charge is 0.374 e. The molecule has 1 saturated heterocycles. The highest BCUT2D eigenvalue weighted by atomic mass is 32.2. The third-order valence-electron chi connectivity index (χ3n) is 4.63. The van der Waals surface area contributed by atoms with Crippen LogP contribution in [0.4, 0.5) is 0 Å². The lowest BCUT2D eigenvalue weighted by atomic mass is 9.81. The van der Waals surface area contributed by atoms with E-state index in [1.165, 1.54) is 0 Å². The first-order valence-electron chi connectivity index (χ1n) is 7.88. The minimum Gasteiger partial charge on any atom is -0.460 e. The highest BCUT2D eigenvalue weighted by molar-refractivity contribution is 8.00. The standard InChI is InChI=1S/C15H18N2O5S/c1-2-20-14(19)11-16-12(18)10-8-3-4-15(21-5-6-22-15)7-9(8)23-13(10)17-11/h8-9H,2-7H2,1H3,(H,16,17,18). The zero-order valence-corrected chi connectivity index (χ0v) is 13.6. The van der Waals surface area contributed by atoms with Gasteiger partial charge in [0.15, 0.2) is 5.79 Å². The molecular formula is C15H18N2O5S. The molecule has 23 heavy (non-hydrogen) atoms. The van der Waals surface area contributed by atoms with Gasteiger partial charge >= 0.3 is 5.97 Å². The van der Waals surface area contributed by atoms with Crippen LogP contribution in [0.2, 0.25) is 0 Å². The van der Waals surface area contributed by atoms with Crippen molar-refractivity contribution in [2.45, 2.75) is 48.2 Å². The maximum Gasteiger partial charge on any atom is 0.374 e. The summed E-state index contributed by atoms with van der Waals surface area (Å²) in [4.78, 5) is 31.1. The number of aromatic amines is 1. The van der Waals surface area contributed by atoms with Crippen LogP contribution in [0.15, 0.2) is 9.82 Å². The van der Waals surface area contributed by atoms with Crippen LogP contribution < -0.4 is 5.56 Å². The number of fused-ring (bicyclic) bond motifs is 3. The summed E-state index contributed by atoms with van der Waals surface area (Å²) in [6.45, 7) is 3.21. The minimum atomic E-state index is -0.596. The van der Waals surface area contributed by atoms with E-state index in [0.29, 0.717) is 23.8 Å². The van der Waals surface area contributed by atoms with Crippen LogP contribution in [0.1, 0.15) is 48.3 Å². The molecule has 2 unspecified atom stereocenters. The fraction of sp³-hybridized carbons (Fsp3) is 0.667. The predicted octanol–water partition coefficient (Wildman–Crippen LogP) is 1.43. The van der Waals surface area contributed by atoms with Crippen molar-refractivity contribution in [1.29, 1.82) is 0 Å². The topological polar surface area (TPSA) is 90.5 Å². The first kappa shape index (κ1) is 15.2. The summed E-state index contributed by atoms with van der Waals surface area (Å²) in [6, 6.07) is 0. The van der Waals surface area contributed by atoms with Gasteiger partial charge in [-0.05, 0) is 13.3 Å². The lowest BCUT2D eigenvalue weighted by Crippen LogP contribution is -2.40. The Bertz CT molecular complexity index is 698. The van der Waals surface area contributed by atoms with Crippen molar-refractivity contribution in [3.8, 4) is 0 Å². The van der Waals surface area contributed by atoms with Crippen molar-refractivity contribution < 1.29 is 19.0 Å². The molecule has 0 amide bonds. The maximum absolute atomic E-state index is 12.4. The van der Waals surface area contributed by atoms with Crippen LogP contribution in [0, 0.1) is 0 Å². The van der Waals surface area contributed by atoms with Crippen molar-refractivity contribution in [3.63, 3.8) is 0 Å². The SMILES string of the molecule is CCOC(=O)c1nc2c(c(=O)[nH]1)C1CCC3(CC1S2)OCCO3. The van der Waals surface area contributed by atoms with Crippen LogP contribution in [0.3, 0.4) is 0 Å². The molecule has 1 aromatic rings.